The maximum Gasteiger partial charge on any atom is 0.240 e. The van der Waals surface area contributed by atoms with Crippen LogP contribution in [0.25, 0.3) is 0 Å². The van der Waals surface area contributed by atoms with Gasteiger partial charge in [-0.05, 0) is 66.0 Å². The molecule has 0 saturated heterocycles. The highest BCUT2D eigenvalue weighted by molar-refractivity contribution is 7.89. The van der Waals surface area contributed by atoms with E-state index < -0.39 is 16.1 Å². The zero-order valence-electron chi connectivity index (χ0n) is 15.4. The molecule has 0 aromatic heterocycles. The Morgan fingerprint density at radius 1 is 0.962 bits per heavy atom. The summed E-state index contributed by atoms with van der Waals surface area (Å²) in [4.78, 5) is 0.278. The molecule has 2 N–H and O–H groups in total. The van der Waals surface area contributed by atoms with Crippen molar-refractivity contribution in [3.05, 3.63) is 64.7 Å². The van der Waals surface area contributed by atoms with E-state index in [4.69, 9.17) is 0 Å². The van der Waals surface area contributed by atoms with E-state index in [0.29, 0.717) is 11.5 Å². The first-order valence-corrected chi connectivity index (χ1v) is 10.7. The summed E-state index contributed by atoms with van der Waals surface area (Å²) in [6.45, 7) is 4.18. The van der Waals surface area contributed by atoms with Crippen molar-refractivity contribution in [1.82, 2.24) is 4.72 Å². The minimum atomic E-state index is -3.63. The summed E-state index contributed by atoms with van der Waals surface area (Å²) in [6.07, 6.45) is 3.36. The molecule has 0 saturated carbocycles. The zero-order chi connectivity index (χ0) is 18.7. The smallest absolute Gasteiger partial charge is 0.240 e. The Hall–Kier alpha value is -1.69. The van der Waals surface area contributed by atoms with E-state index in [1.165, 1.54) is 17.5 Å². The number of benzene rings is 2. The molecule has 0 radical (unpaired) electrons. The van der Waals surface area contributed by atoms with Gasteiger partial charge in [0.15, 0.2) is 0 Å². The topological polar surface area (TPSA) is 66.4 Å². The number of nitrogens with one attached hydrogen (secondary N) is 1. The molecule has 2 aromatic rings. The Morgan fingerprint density at radius 3 is 2.23 bits per heavy atom. The zero-order valence-corrected chi connectivity index (χ0v) is 16.2. The predicted octanol–water partition coefficient (Wildman–Crippen LogP) is 3.70. The lowest BCUT2D eigenvalue weighted by atomic mass is 9.92. The molecule has 4 nitrogen and oxygen atoms in total. The van der Waals surface area contributed by atoms with Crippen LogP contribution in [0.3, 0.4) is 0 Å². The van der Waals surface area contributed by atoms with Gasteiger partial charge in [0.05, 0.1) is 11.0 Å². The fraction of sp³-hybridized carbons (Fsp3) is 0.429. The van der Waals surface area contributed by atoms with Crippen molar-refractivity contribution in [3.63, 3.8) is 0 Å². The van der Waals surface area contributed by atoms with Crippen molar-refractivity contribution in [1.29, 1.82) is 0 Å². The second kappa shape index (κ2) is 7.91. The van der Waals surface area contributed by atoms with Crippen molar-refractivity contribution >= 4 is 10.0 Å². The summed E-state index contributed by atoms with van der Waals surface area (Å²) in [5.74, 6) is 0.420. The molecule has 0 heterocycles. The Morgan fingerprint density at radius 2 is 1.58 bits per heavy atom. The monoisotopic (exact) mass is 373 g/mol. The number of aliphatic hydroxyl groups excluding tert-OH is 1. The molecule has 0 aliphatic heterocycles. The number of rotatable bonds is 6. The largest absolute Gasteiger partial charge is 0.387 e. The molecule has 0 fully saturated rings. The van der Waals surface area contributed by atoms with Crippen LogP contribution in [0.4, 0.5) is 0 Å². The van der Waals surface area contributed by atoms with E-state index in [1.54, 1.807) is 12.1 Å². The SMILES string of the molecule is CC(C)c1ccc(C(O)CNS(=O)(=O)c2ccc3c(c2)CCCC3)cc1. The van der Waals surface area contributed by atoms with Crippen LogP contribution in [0.15, 0.2) is 47.4 Å². The number of sulfonamides is 1. The van der Waals surface area contributed by atoms with Gasteiger partial charge in [0.1, 0.15) is 0 Å². The average Bonchev–Trinajstić information content (AvgIpc) is 2.65. The van der Waals surface area contributed by atoms with Crippen LogP contribution in [0.5, 0.6) is 0 Å². The van der Waals surface area contributed by atoms with Gasteiger partial charge in [-0.1, -0.05) is 44.2 Å². The molecule has 2 aromatic carbocycles. The molecule has 1 aliphatic carbocycles. The molecule has 1 atom stereocenters. The highest BCUT2D eigenvalue weighted by Gasteiger charge is 2.19. The summed E-state index contributed by atoms with van der Waals surface area (Å²) in [7, 11) is -3.63. The van der Waals surface area contributed by atoms with Crippen LogP contribution in [-0.4, -0.2) is 20.1 Å². The van der Waals surface area contributed by atoms with E-state index in [2.05, 4.69) is 18.6 Å². The van der Waals surface area contributed by atoms with Crippen molar-refractivity contribution in [3.8, 4) is 0 Å². The molecule has 0 spiro atoms. The summed E-state index contributed by atoms with van der Waals surface area (Å²) >= 11 is 0. The summed E-state index contributed by atoms with van der Waals surface area (Å²) < 4.78 is 27.7. The summed E-state index contributed by atoms with van der Waals surface area (Å²) in [5, 5.41) is 10.3. The molecule has 26 heavy (non-hydrogen) atoms. The van der Waals surface area contributed by atoms with Gasteiger partial charge in [-0.3, -0.25) is 0 Å². The van der Waals surface area contributed by atoms with E-state index in [9.17, 15) is 13.5 Å². The van der Waals surface area contributed by atoms with Crippen molar-refractivity contribution in [2.24, 2.45) is 0 Å². The maximum absolute atomic E-state index is 12.6. The number of fused-ring (bicyclic) bond motifs is 1. The molecule has 1 unspecified atom stereocenters. The van der Waals surface area contributed by atoms with Gasteiger partial charge in [-0.15, -0.1) is 0 Å². The fourth-order valence-electron chi connectivity index (χ4n) is 3.37. The first-order chi connectivity index (χ1) is 12.4. The third kappa shape index (κ3) is 4.34. The van der Waals surface area contributed by atoms with Gasteiger partial charge < -0.3 is 5.11 Å². The lowest BCUT2D eigenvalue weighted by Crippen LogP contribution is -2.28. The standard InChI is InChI=1S/C21H27NO3S/c1-15(2)16-7-9-18(10-8-16)21(23)14-22-26(24,25)20-12-11-17-5-3-4-6-19(17)13-20/h7-13,15,21-23H,3-6,14H2,1-2H3. The second-order valence-corrected chi connectivity index (χ2v) is 9.09. The molecular formula is C21H27NO3S. The Bertz CT molecular complexity index is 857. The number of hydrogen-bond donors (Lipinski definition) is 2. The Kier molecular flexibility index (Phi) is 5.80. The minimum Gasteiger partial charge on any atom is -0.387 e. The summed E-state index contributed by atoms with van der Waals surface area (Å²) in [6, 6.07) is 13.0. The van der Waals surface area contributed by atoms with Gasteiger partial charge in [0.2, 0.25) is 10.0 Å². The molecule has 140 valence electrons. The molecule has 0 amide bonds. The maximum atomic E-state index is 12.6. The van der Waals surface area contributed by atoms with Crippen molar-refractivity contribution < 1.29 is 13.5 Å². The van der Waals surface area contributed by atoms with Crippen LogP contribution in [0.2, 0.25) is 0 Å². The van der Waals surface area contributed by atoms with Crippen LogP contribution in [0.1, 0.15) is 61.0 Å². The predicted molar refractivity (Wildman–Crippen MR) is 104 cm³/mol. The second-order valence-electron chi connectivity index (χ2n) is 7.33. The van der Waals surface area contributed by atoms with Crippen molar-refractivity contribution in [2.75, 3.05) is 6.54 Å². The van der Waals surface area contributed by atoms with Gasteiger partial charge in [-0.2, -0.15) is 0 Å². The molecule has 5 heteroatoms. The van der Waals surface area contributed by atoms with Crippen molar-refractivity contribution in [2.45, 2.75) is 56.4 Å². The summed E-state index contributed by atoms with van der Waals surface area (Å²) in [5.41, 5.74) is 4.28. The van der Waals surface area contributed by atoms with Gasteiger partial charge in [0.25, 0.3) is 0 Å². The van der Waals surface area contributed by atoms with Crippen LogP contribution in [0, 0.1) is 0 Å². The lowest BCUT2D eigenvalue weighted by molar-refractivity contribution is 0.182. The van der Waals surface area contributed by atoms with Crippen LogP contribution in [-0.2, 0) is 22.9 Å². The van der Waals surface area contributed by atoms with Gasteiger partial charge >= 0.3 is 0 Å². The molecule has 3 rings (SSSR count). The average molecular weight is 374 g/mol. The number of aliphatic hydroxyl groups is 1. The molecular weight excluding hydrogens is 346 g/mol. The van der Waals surface area contributed by atoms with E-state index >= 15 is 0 Å². The first-order valence-electron chi connectivity index (χ1n) is 9.26. The van der Waals surface area contributed by atoms with Crippen LogP contribution >= 0.6 is 0 Å². The number of aryl methyl sites for hydroxylation is 2. The van der Waals surface area contributed by atoms with Crippen LogP contribution < -0.4 is 4.72 Å². The van der Waals surface area contributed by atoms with E-state index in [-0.39, 0.29) is 11.4 Å². The fourth-order valence-corrected chi connectivity index (χ4v) is 4.46. The van der Waals surface area contributed by atoms with Gasteiger partial charge in [0, 0.05) is 6.54 Å². The third-order valence-electron chi connectivity index (χ3n) is 5.08. The Balaban J connectivity index is 1.67. The van der Waals surface area contributed by atoms with E-state index in [0.717, 1.165) is 24.8 Å². The lowest BCUT2D eigenvalue weighted by Gasteiger charge is -2.17. The van der Waals surface area contributed by atoms with Gasteiger partial charge in [-0.25, -0.2) is 13.1 Å². The minimum absolute atomic E-state index is 0.0412. The quantitative estimate of drug-likeness (QED) is 0.811. The Labute approximate surface area is 156 Å². The highest BCUT2D eigenvalue weighted by Crippen LogP contribution is 2.24. The number of hydrogen-bond acceptors (Lipinski definition) is 3. The normalized spacial score (nSPS) is 15.7. The molecule has 1 aliphatic rings. The molecule has 0 bridgehead atoms. The first kappa shape index (κ1) is 19.1. The van der Waals surface area contributed by atoms with E-state index in [1.807, 2.05) is 30.3 Å². The highest BCUT2D eigenvalue weighted by atomic mass is 32.2. The third-order valence-corrected chi connectivity index (χ3v) is 6.51.